The van der Waals surface area contributed by atoms with Crippen LogP contribution in [-0.2, 0) is 0 Å². The molecule has 0 saturated carbocycles. The van der Waals surface area contributed by atoms with Crippen LogP contribution in [-0.4, -0.2) is 17.0 Å². The molecule has 2 aromatic carbocycles. The zero-order valence-corrected chi connectivity index (χ0v) is 14.4. The zero-order valence-electron chi connectivity index (χ0n) is 10.7. The summed E-state index contributed by atoms with van der Waals surface area (Å²) in [5, 5.41) is 14.4. The molecule has 0 aliphatic carbocycles. The summed E-state index contributed by atoms with van der Waals surface area (Å²) >= 11 is 5.50. The molecule has 0 aromatic heterocycles. The first-order chi connectivity index (χ1) is 10.0. The molecule has 4 N–H and O–H groups in total. The number of amides is 1. The smallest absolute Gasteiger partial charge is 0.255 e. The van der Waals surface area contributed by atoms with E-state index < -0.39 is 0 Å². The Morgan fingerprint density at radius 3 is 2.62 bits per heavy atom. The number of benzene rings is 2. The molecule has 1 amide bonds. The van der Waals surface area contributed by atoms with Gasteiger partial charge in [0.05, 0.1) is 5.69 Å². The minimum absolute atomic E-state index is 0.00573. The van der Waals surface area contributed by atoms with Crippen molar-refractivity contribution in [3.05, 3.63) is 61.6 Å². The average molecular weight is 460 g/mol. The standard InChI is InChI=1S/C14H11BrIN3O2/c15-11-7-8(13(17)19-21)4-5-12(11)18-14(20)9-2-1-3-10(16)6-9/h1-7,21H,(H2,17,19)(H,18,20). The number of carbonyl (C=O) groups is 1. The first-order valence-electron chi connectivity index (χ1n) is 5.85. The summed E-state index contributed by atoms with van der Waals surface area (Å²) in [6, 6.07) is 12.3. The minimum atomic E-state index is -0.203. The lowest BCUT2D eigenvalue weighted by Gasteiger charge is -2.09. The third-order valence-corrected chi connectivity index (χ3v) is 4.03. The van der Waals surface area contributed by atoms with Crippen LogP contribution < -0.4 is 11.1 Å². The Kier molecular flexibility index (Phi) is 5.18. The van der Waals surface area contributed by atoms with Crippen molar-refractivity contribution in [2.24, 2.45) is 10.9 Å². The molecule has 0 aliphatic heterocycles. The molecule has 0 atom stereocenters. The number of halogens is 2. The molecule has 2 rings (SSSR count). The maximum Gasteiger partial charge on any atom is 0.255 e. The van der Waals surface area contributed by atoms with Crippen molar-refractivity contribution in [2.45, 2.75) is 0 Å². The fourth-order valence-electron chi connectivity index (χ4n) is 1.66. The summed E-state index contributed by atoms with van der Waals surface area (Å²) < 4.78 is 1.63. The summed E-state index contributed by atoms with van der Waals surface area (Å²) in [7, 11) is 0. The lowest BCUT2D eigenvalue weighted by atomic mass is 10.1. The highest BCUT2D eigenvalue weighted by Gasteiger charge is 2.10. The predicted octanol–water partition coefficient (Wildman–Crippen LogP) is 3.40. The molecule has 0 saturated heterocycles. The van der Waals surface area contributed by atoms with Crippen LogP contribution in [0.1, 0.15) is 15.9 Å². The first-order valence-corrected chi connectivity index (χ1v) is 7.73. The molecule has 108 valence electrons. The highest BCUT2D eigenvalue weighted by molar-refractivity contribution is 14.1. The summed E-state index contributed by atoms with van der Waals surface area (Å²) in [5.74, 6) is -0.197. The van der Waals surface area contributed by atoms with Crippen molar-refractivity contribution in [3.63, 3.8) is 0 Å². The van der Waals surface area contributed by atoms with Crippen LogP contribution in [0.2, 0.25) is 0 Å². The number of hydrogen-bond donors (Lipinski definition) is 3. The fourth-order valence-corrected chi connectivity index (χ4v) is 2.68. The lowest BCUT2D eigenvalue weighted by Crippen LogP contribution is -2.15. The molecule has 0 spiro atoms. The SMILES string of the molecule is N/C(=N/O)c1ccc(NC(=O)c2cccc(I)c2)c(Br)c1. The van der Waals surface area contributed by atoms with E-state index in [1.54, 1.807) is 30.3 Å². The number of rotatable bonds is 3. The fraction of sp³-hybridized carbons (Fsp3) is 0. The van der Waals surface area contributed by atoms with Crippen molar-refractivity contribution >= 4 is 56.0 Å². The van der Waals surface area contributed by atoms with E-state index in [1.165, 1.54) is 0 Å². The lowest BCUT2D eigenvalue weighted by molar-refractivity contribution is 0.102. The number of nitrogens with two attached hydrogens (primary N) is 1. The first kappa shape index (κ1) is 15.8. The maximum atomic E-state index is 12.2. The number of oxime groups is 1. The Morgan fingerprint density at radius 2 is 2.00 bits per heavy atom. The van der Waals surface area contributed by atoms with E-state index in [9.17, 15) is 4.79 Å². The summed E-state index contributed by atoms with van der Waals surface area (Å²) in [5.41, 5.74) is 7.25. The van der Waals surface area contributed by atoms with Gasteiger partial charge in [-0.2, -0.15) is 0 Å². The Bertz CT molecular complexity index is 719. The van der Waals surface area contributed by atoms with Crippen molar-refractivity contribution < 1.29 is 10.0 Å². The minimum Gasteiger partial charge on any atom is -0.409 e. The van der Waals surface area contributed by atoms with Gasteiger partial charge in [-0.3, -0.25) is 4.79 Å². The molecule has 0 bridgehead atoms. The number of hydrogen-bond acceptors (Lipinski definition) is 3. The third kappa shape index (κ3) is 3.94. The molecule has 0 aliphatic rings. The summed E-state index contributed by atoms with van der Waals surface area (Å²) in [6.45, 7) is 0. The van der Waals surface area contributed by atoms with Gasteiger partial charge in [0.15, 0.2) is 5.84 Å². The van der Waals surface area contributed by atoms with E-state index in [1.807, 2.05) is 12.1 Å². The van der Waals surface area contributed by atoms with Crippen molar-refractivity contribution in [1.29, 1.82) is 0 Å². The van der Waals surface area contributed by atoms with Gasteiger partial charge in [0.25, 0.3) is 5.91 Å². The van der Waals surface area contributed by atoms with Crippen LogP contribution in [0.4, 0.5) is 5.69 Å². The molecule has 0 unspecified atom stereocenters. The second-order valence-corrected chi connectivity index (χ2v) is 6.24. The van der Waals surface area contributed by atoms with Crippen LogP contribution in [0, 0.1) is 3.57 Å². The molecular formula is C14H11BrIN3O2. The number of nitrogens with one attached hydrogen (secondary N) is 1. The quantitative estimate of drug-likeness (QED) is 0.216. The Morgan fingerprint density at radius 1 is 1.24 bits per heavy atom. The summed E-state index contributed by atoms with van der Waals surface area (Å²) in [4.78, 5) is 12.2. The molecule has 7 heteroatoms. The van der Waals surface area contributed by atoms with Gasteiger partial charge in [-0.15, -0.1) is 0 Å². The van der Waals surface area contributed by atoms with E-state index in [0.717, 1.165) is 3.57 Å². The largest absolute Gasteiger partial charge is 0.409 e. The van der Waals surface area contributed by atoms with E-state index in [4.69, 9.17) is 10.9 Å². The molecule has 21 heavy (non-hydrogen) atoms. The van der Waals surface area contributed by atoms with Gasteiger partial charge in [-0.1, -0.05) is 11.2 Å². The van der Waals surface area contributed by atoms with E-state index >= 15 is 0 Å². The van der Waals surface area contributed by atoms with Gasteiger partial charge >= 0.3 is 0 Å². The average Bonchev–Trinajstić information content (AvgIpc) is 2.48. The predicted molar refractivity (Wildman–Crippen MR) is 93.8 cm³/mol. The van der Waals surface area contributed by atoms with E-state index in [0.29, 0.717) is 21.3 Å². The van der Waals surface area contributed by atoms with E-state index in [-0.39, 0.29) is 11.7 Å². The van der Waals surface area contributed by atoms with Gasteiger partial charge in [-0.05, 0) is 74.9 Å². The van der Waals surface area contributed by atoms with Gasteiger partial charge in [0.1, 0.15) is 0 Å². The van der Waals surface area contributed by atoms with Crippen molar-refractivity contribution in [2.75, 3.05) is 5.32 Å². The van der Waals surface area contributed by atoms with Gasteiger partial charge in [0.2, 0.25) is 0 Å². The monoisotopic (exact) mass is 459 g/mol. The number of amidine groups is 1. The zero-order chi connectivity index (χ0) is 15.4. The molecule has 0 fully saturated rings. The summed E-state index contributed by atoms with van der Waals surface area (Å²) in [6.07, 6.45) is 0. The van der Waals surface area contributed by atoms with Gasteiger partial charge < -0.3 is 16.3 Å². The molecule has 5 nitrogen and oxygen atoms in total. The van der Waals surface area contributed by atoms with Crippen LogP contribution in [0.15, 0.2) is 52.1 Å². The molecule has 0 heterocycles. The van der Waals surface area contributed by atoms with Crippen molar-refractivity contribution in [3.8, 4) is 0 Å². The number of carbonyl (C=O) groups excluding carboxylic acids is 1. The number of anilines is 1. The molecular weight excluding hydrogens is 449 g/mol. The second kappa shape index (κ2) is 6.90. The highest BCUT2D eigenvalue weighted by Crippen LogP contribution is 2.24. The van der Waals surface area contributed by atoms with Gasteiger partial charge in [-0.25, -0.2) is 0 Å². The Hall–Kier alpha value is -1.61. The Labute approximate surface area is 143 Å². The van der Waals surface area contributed by atoms with E-state index in [2.05, 4.69) is 49.0 Å². The molecule has 0 radical (unpaired) electrons. The molecule has 2 aromatic rings. The topological polar surface area (TPSA) is 87.7 Å². The normalized spacial score (nSPS) is 11.2. The van der Waals surface area contributed by atoms with Crippen LogP contribution in [0.25, 0.3) is 0 Å². The van der Waals surface area contributed by atoms with Crippen LogP contribution in [0.3, 0.4) is 0 Å². The number of nitrogens with zero attached hydrogens (tertiary/aromatic N) is 1. The van der Waals surface area contributed by atoms with Gasteiger partial charge in [0, 0.05) is 19.2 Å². The van der Waals surface area contributed by atoms with Crippen molar-refractivity contribution in [1.82, 2.24) is 0 Å². The van der Waals surface area contributed by atoms with Crippen LogP contribution in [0.5, 0.6) is 0 Å². The highest BCUT2D eigenvalue weighted by atomic mass is 127. The van der Waals surface area contributed by atoms with Crippen LogP contribution >= 0.6 is 38.5 Å². The third-order valence-electron chi connectivity index (χ3n) is 2.71. The second-order valence-electron chi connectivity index (χ2n) is 4.14. The maximum absolute atomic E-state index is 12.2. The Balaban J connectivity index is 2.22.